The third-order valence-electron chi connectivity index (χ3n) is 5.65. The van der Waals surface area contributed by atoms with Crippen LogP contribution in [0.1, 0.15) is 50.4 Å². The van der Waals surface area contributed by atoms with E-state index in [9.17, 15) is 9.18 Å². The molecule has 2 aromatic rings. The second-order valence-corrected chi connectivity index (χ2v) is 9.33. The smallest absolute Gasteiger partial charge is 0.315 e. The Labute approximate surface area is 190 Å². The number of amides is 2. The van der Waals surface area contributed by atoms with Gasteiger partial charge in [0, 0.05) is 24.7 Å². The van der Waals surface area contributed by atoms with E-state index in [0.29, 0.717) is 18.0 Å². The quantitative estimate of drug-likeness (QED) is 0.693. The second-order valence-electron chi connectivity index (χ2n) is 9.33. The first kappa shape index (κ1) is 23.9. The van der Waals surface area contributed by atoms with Gasteiger partial charge in [-0.15, -0.1) is 0 Å². The maximum Gasteiger partial charge on any atom is 0.315 e. The van der Waals surface area contributed by atoms with Crippen molar-refractivity contribution in [2.45, 2.75) is 58.3 Å². The van der Waals surface area contributed by atoms with Gasteiger partial charge < -0.3 is 20.1 Å². The topological polar surface area (TPSA) is 62.8 Å². The predicted octanol–water partition coefficient (Wildman–Crippen LogP) is 4.43. The molecule has 32 heavy (non-hydrogen) atoms. The van der Waals surface area contributed by atoms with E-state index < -0.39 is 0 Å². The first-order valence-electron chi connectivity index (χ1n) is 10.9. The van der Waals surface area contributed by atoms with Gasteiger partial charge in [-0.05, 0) is 75.1 Å². The van der Waals surface area contributed by atoms with Crippen molar-refractivity contribution in [1.29, 1.82) is 0 Å². The van der Waals surface area contributed by atoms with Crippen molar-refractivity contribution in [3.63, 3.8) is 0 Å². The molecular formula is C25H34FN3O3. The van der Waals surface area contributed by atoms with Crippen LogP contribution in [0, 0.1) is 5.82 Å². The predicted molar refractivity (Wildman–Crippen MR) is 124 cm³/mol. The number of benzene rings is 2. The number of methoxy groups -OCH3 is 2. The first-order valence-corrected chi connectivity index (χ1v) is 10.9. The minimum absolute atomic E-state index is 0.0886. The molecule has 2 aromatic carbocycles. The SMILES string of the molecule is COc1cc2c(cc1OC)[C@H]([C@@H](C)NC(=O)NC(C)(C)C)N(Cc1ccc(F)cc1)CC2. The fourth-order valence-corrected chi connectivity index (χ4v) is 4.28. The number of halogens is 1. The molecule has 0 fully saturated rings. The van der Waals surface area contributed by atoms with Crippen LogP contribution in [0.15, 0.2) is 36.4 Å². The molecule has 2 amide bonds. The molecule has 3 rings (SSSR count). The number of rotatable bonds is 6. The standard InChI is InChI=1S/C25H34FN3O3/c1-16(27-24(30)28-25(2,3)4)23-20-14-22(32-6)21(31-5)13-18(20)11-12-29(23)15-17-7-9-19(26)10-8-17/h7-10,13-14,16,23H,11-12,15H2,1-6H3,(H2,27,28,30)/t16-,23+/m1/s1. The van der Waals surface area contributed by atoms with Gasteiger partial charge in [-0.1, -0.05) is 12.1 Å². The molecule has 2 N–H and O–H groups in total. The van der Waals surface area contributed by atoms with E-state index in [1.54, 1.807) is 26.4 Å². The van der Waals surface area contributed by atoms with E-state index in [4.69, 9.17) is 9.47 Å². The van der Waals surface area contributed by atoms with E-state index in [0.717, 1.165) is 24.1 Å². The van der Waals surface area contributed by atoms with Gasteiger partial charge in [0.25, 0.3) is 0 Å². The van der Waals surface area contributed by atoms with Crippen molar-refractivity contribution in [3.05, 3.63) is 58.9 Å². The highest BCUT2D eigenvalue weighted by molar-refractivity contribution is 5.75. The number of fused-ring (bicyclic) bond motifs is 1. The van der Waals surface area contributed by atoms with E-state index in [1.807, 2.05) is 39.8 Å². The monoisotopic (exact) mass is 443 g/mol. The molecule has 0 spiro atoms. The minimum atomic E-state index is -0.335. The zero-order valence-electron chi connectivity index (χ0n) is 19.8. The van der Waals surface area contributed by atoms with E-state index >= 15 is 0 Å². The lowest BCUT2D eigenvalue weighted by molar-refractivity contribution is 0.142. The summed E-state index contributed by atoms with van der Waals surface area (Å²) in [5.74, 6) is 1.11. The van der Waals surface area contributed by atoms with Crippen LogP contribution >= 0.6 is 0 Å². The number of carbonyl (C=O) groups is 1. The molecule has 0 aliphatic carbocycles. The Kier molecular flexibility index (Phi) is 7.29. The normalized spacial score (nSPS) is 17.3. The van der Waals surface area contributed by atoms with Gasteiger partial charge >= 0.3 is 6.03 Å². The fraction of sp³-hybridized carbons (Fsp3) is 0.480. The van der Waals surface area contributed by atoms with Crippen molar-refractivity contribution >= 4 is 6.03 Å². The third kappa shape index (κ3) is 5.71. The van der Waals surface area contributed by atoms with Crippen molar-refractivity contribution in [2.24, 2.45) is 0 Å². The van der Waals surface area contributed by atoms with Crippen LogP contribution in [0.2, 0.25) is 0 Å². The van der Waals surface area contributed by atoms with E-state index in [2.05, 4.69) is 15.5 Å². The third-order valence-corrected chi connectivity index (χ3v) is 5.65. The Bertz CT molecular complexity index is 941. The van der Waals surface area contributed by atoms with Crippen molar-refractivity contribution < 1.29 is 18.7 Å². The summed E-state index contributed by atoms with van der Waals surface area (Å²) in [5.41, 5.74) is 2.96. The maximum atomic E-state index is 13.4. The van der Waals surface area contributed by atoms with Crippen LogP contribution in [0.4, 0.5) is 9.18 Å². The Hall–Kier alpha value is -2.80. The van der Waals surface area contributed by atoms with Gasteiger partial charge in [0.05, 0.1) is 20.3 Å². The molecule has 1 aliphatic heterocycles. The van der Waals surface area contributed by atoms with Gasteiger partial charge in [-0.2, -0.15) is 0 Å². The fourth-order valence-electron chi connectivity index (χ4n) is 4.28. The van der Waals surface area contributed by atoms with Gasteiger partial charge in [0.2, 0.25) is 0 Å². The Morgan fingerprint density at radius 2 is 1.78 bits per heavy atom. The molecule has 0 aromatic heterocycles. The van der Waals surface area contributed by atoms with Crippen LogP contribution < -0.4 is 20.1 Å². The minimum Gasteiger partial charge on any atom is -0.493 e. The molecule has 174 valence electrons. The van der Waals surface area contributed by atoms with Crippen LogP contribution in [0.5, 0.6) is 11.5 Å². The average Bonchev–Trinajstić information content (AvgIpc) is 2.72. The molecule has 1 heterocycles. The van der Waals surface area contributed by atoms with Crippen molar-refractivity contribution in [1.82, 2.24) is 15.5 Å². The summed E-state index contributed by atoms with van der Waals surface area (Å²) in [5, 5.41) is 6.08. The molecule has 6 nitrogen and oxygen atoms in total. The van der Waals surface area contributed by atoms with Crippen molar-refractivity contribution in [2.75, 3.05) is 20.8 Å². The molecule has 0 saturated heterocycles. The van der Waals surface area contributed by atoms with Crippen LogP contribution in [0.3, 0.4) is 0 Å². The molecule has 7 heteroatoms. The Morgan fingerprint density at radius 1 is 1.16 bits per heavy atom. The van der Waals surface area contributed by atoms with Crippen LogP contribution in [-0.2, 0) is 13.0 Å². The number of hydrogen-bond acceptors (Lipinski definition) is 4. The summed E-state index contributed by atoms with van der Waals surface area (Å²) < 4.78 is 24.5. The zero-order chi connectivity index (χ0) is 23.5. The van der Waals surface area contributed by atoms with Gasteiger partial charge in [0.1, 0.15) is 5.82 Å². The molecule has 0 bridgehead atoms. The number of urea groups is 1. The summed E-state index contributed by atoms with van der Waals surface area (Å²) in [7, 11) is 3.25. The first-order chi connectivity index (χ1) is 15.1. The lowest BCUT2D eigenvalue weighted by Gasteiger charge is -2.41. The van der Waals surface area contributed by atoms with Gasteiger partial charge in [-0.3, -0.25) is 4.90 Å². The molecular weight excluding hydrogens is 409 g/mol. The Morgan fingerprint density at radius 3 is 2.38 bits per heavy atom. The number of carbonyl (C=O) groups excluding carboxylic acids is 1. The number of nitrogens with zero attached hydrogens (tertiary/aromatic N) is 1. The average molecular weight is 444 g/mol. The second kappa shape index (κ2) is 9.77. The molecule has 0 radical (unpaired) electrons. The number of nitrogens with one attached hydrogen (secondary N) is 2. The van der Waals surface area contributed by atoms with Crippen LogP contribution in [0.25, 0.3) is 0 Å². The maximum absolute atomic E-state index is 13.4. The lowest BCUT2D eigenvalue weighted by Crippen LogP contribution is -2.53. The van der Waals surface area contributed by atoms with Crippen LogP contribution in [-0.4, -0.2) is 43.3 Å². The van der Waals surface area contributed by atoms with Gasteiger partial charge in [0.15, 0.2) is 11.5 Å². The van der Waals surface area contributed by atoms with Gasteiger partial charge in [-0.25, -0.2) is 9.18 Å². The molecule has 1 aliphatic rings. The summed E-state index contributed by atoms with van der Waals surface area (Å²) in [4.78, 5) is 14.9. The summed E-state index contributed by atoms with van der Waals surface area (Å²) in [6.07, 6.45) is 0.842. The summed E-state index contributed by atoms with van der Waals surface area (Å²) in [6, 6.07) is 10.1. The molecule has 0 unspecified atom stereocenters. The highest BCUT2D eigenvalue weighted by atomic mass is 19.1. The molecule has 2 atom stereocenters. The number of ether oxygens (including phenoxy) is 2. The largest absolute Gasteiger partial charge is 0.493 e. The summed E-state index contributed by atoms with van der Waals surface area (Å²) >= 11 is 0. The highest BCUT2D eigenvalue weighted by Gasteiger charge is 2.34. The highest BCUT2D eigenvalue weighted by Crippen LogP contribution is 2.40. The Balaban J connectivity index is 1.95. The van der Waals surface area contributed by atoms with Crippen molar-refractivity contribution in [3.8, 4) is 11.5 Å². The van der Waals surface area contributed by atoms with E-state index in [-0.39, 0.29) is 29.5 Å². The lowest BCUT2D eigenvalue weighted by atomic mass is 9.87. The number of hydrogen-bond donors (Lipinski definition) is 2. The summed E-state index contributed by atoms with van der Waals surface area (Å²) in [6.45, 7) is 9.31. The van der Waals surface area contributed by atoms with E-state index in [1.165, 1.54) is 17.7 Å². The molecule has 0 saturated carbocycles. The zero-order valence-corrected chi connectivity index (χ0v) is 19.8.